The van der Waals surface area contributed by atoms with E-state index >= 15 is 0 Å². The number of hydrogen-bond donors (Lipinski definition) is 0. The molecule has 0 aliphatic carbocycles. The van der Waals surface area contributed by atoms with Crippen molar-refractivity contribution in [3.63, 3.8) is 0 Å². The van der Waals surface area contributed by atoms with Crippen LogP contribution in [0, 0.1) is 5.92 Å². The summed E-state index contributed by atoms with van der Waals surface area (Å²) in [4.78, 5) is 5.99. The summed E-state index contributed by atoms with van der Waals surface area (Å²) in [5.74, 6) is 1.86. The highest BCUT2D eigenvalue weighted by Gasteiger charge is 2.30. The van der Waals surface area contributed by atoms with Gasteiger partial charge in [0.2, 0.25) is 5.88 Å². The van der Waals surface area contributed by atoms with E-state index in [2.05, 4.69) is 33.1 Å². The van der Waals surface area contributed by atoms with Gasteiger partial charge in [0.15, 0.2) is 5.82 Å². The highest BCUT2D eigenvalue weighted by molar-refractivity contribution is 5.57. The molecule has 1 atom stereocenters. The van der Waals surface area contributed by atoms with Gasteiger partial charge in [0.05, 0.1) is 5.56 Å². The molecule has 8 heteroatoms. The molecule has 1 fully saturated rings. The number of alkyl halides is 3. The second-order valence-electron chi connectivity index (χ2n) is 7.46. The molecule has 0 saturated carbocycles. The van der Waals surface area contributed by atoms with E-state index in [0.717, 1.165) is 43.2 Å². The zero-order chi connectivity index (χ0) is 21.8. The molecule has 0 radical (unpaired) electrons. The zero-order valence-electron chi connectivity index (χ0n) is 16.9. The standard InChI is InChI=1S/C23H21F3N4O/c1-16-15-30(21-6-3-10-28-29-21)11-9-18(16)12-17-4-2-5-20(13-17)31-22-8-7-19(14-27-22)23(24,25)26/h2-8,10,12-14,16H,9,11,15H2,1H3. The van der Waals surface area contributed by atoms with Crippen molar-refractivity contribution in [1.82, 2.24) is 15.2 Å². The Morgan fingerprint density at radius 3 is 2.68 bits per heavy atom. The van der Waals surface area contributed by atoms with Gasteiger partial charge >= 0.3 is 6.18 Å². The third-order valence-corrected chi connectivity index (χ3v) is 5.18. The molecule has 0 amide bonds. The summed E-state index contributed by atoms with van der Waals surface area (Å²) >= 11 is 0. The lowest BCUT2D eigenvalue weighted by molar-refractivity contribution is -0.137. The Balaban J connectivity index is 1.44. The van der Waals surface area contributed by atoms with Gasteiger partial charge < -0.3 is 9.64 Å². The Labute approximate surface area is 178 Å². The van der Waals surface area contributed by atoms with Crippen molar-refractivity contribution in [3.05, 3.63) is 77.6 Å². The van der Waals surface area contributed by atoms with Gasteiger partial charge in [0.1, 0.15) is 5.75 Å². The fourth-order valence-electron chi connectivity index (χ4n) is 3.55. The first-order valence-corrected chi connectivity index (χ1v) is 9.93. The lowest BCUT2D eigenvalue weighted by Crippen LogP contribution is -2.36. The second-order valence-corrected chi connectivity index (χ2v) is 7.46. The minimum absolute atomic E-state index is 0.114. The summed E-state index contributed by atoms with van der Waals surface area (Å²) in [5.41, 5.74) is 1.49. The highest BCUT2D eigenvalue weighted by atomic mass is 19.4. The molecule has 1 unspecified atom stereocenters. The van der Waals surface area contributed by atoms with E-state index in [-0.39, 0.29) is 5.88 Å². The van der Waals surface area contributed by atoms with Gasteiger partial charge in [-0.05, 0) is 48.2 Å². The molecule has 1 aliphatic rings. The smallest absolute Gasteiger partial charge is 0.417 e. The Bertz CT molecular complexity index is 1050. The van der Waals surface area contributed by atoms with Crippen molar-refractivity contribution in [1.29, 1.82) is 0 Å². The molecule has 0 bridgehead atoms. The van der Waals surface area contributed by atoms with Crippen molar-refractivity contribution in [2.45, 2.75) is 19.5 Å². The van der Waals surface area contributed by atoms with Crippen LogP contribution < -0.4 is 9.64 Å². The monoisotopic (exact) mass is 426 g/mol. The van der Waals surface area contributed by atoms with Crippen LogP contribution in [0.2, 0.25) is 0 Å². The summed E-state index contributed by atoms with van der Waals surface area (Å²) in [6.07, 6.45) is 1.07. The SMILES string of the molecule is CC1CN(c2cccnn2)CCC1=Cc1cccc(Oc2ccc(C(F)(F)F)cn2)c1. The largest absolute Gasteiger partial charge is 0.439 e. The fourth-order valence-corrected chi connectivity index (χ4v) is 3.55. The molecular formula is C23H21F3N4O. The van der Waals surface area contributed by atoms with E-state index in [9.17, 15) is 13.2 Å². The van der Waals surface area contributed by atoms with Crippen molar-refractivity contribution >= 4 is 11.9 Å². The fraction of sp³-hybridized carbons (Fsp3) is 0.261. The van der Waals surface area contributed by atoms with Crippen LogP contribution >= 0.6 is 0 Å². The molecule has 3 aromatic rings. The van der Waals surface area contributed by atoms with Crippen molar-refractivity contribution in [3.8, 4) is 11.6 Å². The Hall–Kier alpha value is -3.42. The van der Waals surface area contributed by atoms with Crippen LogP contribution in [0.25, 0.3) is 6.08 Å². The molecular weight excluding hydrogens is 405 g/mol. The van der Waals surface area contributed by atoms with Gasteiger partial charge in [-0.1, -0.05) is 30.7 Å². The summed E-state index contributed by atoms with van der Waals surface area (Å²) in [7, 11) is 0. The number of pyridine rings is 1. The van der Waals surface area contributed by atoms with Crippen LogP contribution in [-0.4, -0.2) is 28.3 Å². The second kappa shape index (κ2) is 8.75. The summed E-state index contributed by atoms with van der Waals surface area (Å²) in [5, 5.41) is 8.14. The molecule has 3 heterocycles. The number of anilines is 1. The van der Waals surface area contributed by atoms with Gasteiger partial charge in [0, 0.05) is 31.5 Å². The van der Waals surface area contributed by atoms with Crippen molar-refractivity contribution < 1.29 is 17.9 Å². The average Bonchev–Trinajstić information content (AvgIpc) is 2.76. The number of hydrogen-bond acceptors (Lipinski definition) is 5. The molecule has 1 aromatic carbocycles. The number of rotatable bonds is 4. The normalized spacial score (nSPS) is 18.3. The van der Waals surface area contributed by atoms with Gasteiger partial charge in [-0.25, -0.2) is 4.98 Å². The highest BCUT2D eigenvalue weighted by Crippen LogP contribution is 2.31. The molecule has 1 aliphatic heterocycles. The maximum atomic E-state index is 12.7. The quantitative estimate of drug-likeness (QED) is 0.543. The third kappa shape index (κ3) is 5.20. The first-order valence-electron chi connectivity index (χ1n) is 9.93. The minimum atomic E-state index is -4.42. The molecule has 31 heavy (non-hydrogen) atoms. The van der Waals surface area contributed by atoms with Crippen LogP contribution in [0.15, 0.2) is 66.5 Å². The lowest BCUT2D eigenvalue weighted by Gasteiger charge is -2.33. The number of halogens is 3. The number of nitrogens with zero attached hydrogens (tertiary/aromatic N) is 4. The molecule has 160 valence electrons. The summed E-state index contributed by atoms with van der Waals surface area (Å²) < 4.78 is 43.7. The minimum Gasteiger partial charge on any atom is -0.439 e. The maximum Gasteiger partial charge on any atom is 0.417 e. The zero-order valence-corrected chi connectivity index (χ0v) is 16.9. The van der Waals surface area contributed by atoms with Crippen LogP contribution in [0.3, 0.4) is 0 Å². The van der Waals surface area contributed by atoms with E-state index in [1.807, 2.05) is 30.3 Å². The van der Waals surface area contributed by atoms with Crippen LogP contribution in [0.5, 0.6) is 11.6 Å². The number of piperidine rings is 1. The Morgan fingerprint density at radius 2 is 2.00 bits per heavy atom. The van der Waals surface area contributed by atoms with E-state index < -0.39 is 11.7 Å². The Kier molecular flexibility index (Phi) is 5.88. The molecule has 0 N–H and O–H groups in total. The van der Waals surface area contributed by atoms with E-state index in [1.165, 1.54) is 11.6 Å². The molecule has 4 rings (SSSR count). The first kappa shape index (κ1) is 20.8. The molecule has 1 saturated heterocycles. The number of ether oxygens (including phenoxy) is 1. The number of benzene rings is 1. The van der Waals surface area contributed by atoms with Crippen LogP contribution in [0.1, 0.15) is 24.5 Å². The van der Waals surface area contributed by atoms with Gasteiger partial charge in [-0.2, -0.15) is 18.3 Å². The van der Waals surface area contributed by atoms with Gasteiger partial charge in [-0.15, -0.1) is 5.10 Å². The average molecular weight is 426 g/mol. The lowest BCUT2D eigenvalue weighted by atomic mass is 9.91. The Morgan fingerprint density at radius 1 is 1.13 bits per heavy atom. The first-order chi connectivity index (χ1) is 14.9. The van der Waals surface area contributed by atoms with Crippen LogP contribution in [-0.2, 0) is 6.18 Å². The predicted molar refractivity (Wildman–Crippen MR) is 112 cm³/mol. The van der Waals surface area contributed by atoms with E-state index in [0.29, 0.717) is 11.7 Å². The molecule has 5 nitrogen and oxygen atoms in total. The van der Waals surface area contributed by atoms with Gasteiger partial charge in [0.25, 0.3) is 0 Å². The van der Waals surface area contributed by atoms with Gasteiger partial charge in [-0.3, -0.25) is 0 Å². The topological polar surface area (TPSA) is 51.1 Å². The van der Waals surface area contributed by atoms with Crippen molar-refractivity contribution in [2.75, 3.05) is 18.0 Å². The van der Waals surface area contributed by atoms with E-state index in [1.54, 1.807) is 12.3 Å². The van der Waals surface area contributed by atoms with Crippen molar-refractivity contribution in [2.24, 2.45) is 5.92 Å². The third-order valence-electron chi connectivity index (χ3n) is 5.18. The van der Waals surface area contributed by atoms with Crippen LogP contribution in [0.4, 0.5) is 19.0 Å². The number of aromatic nitrogens is 3. The van der Waals surface area contributed by atoms with E-state index in [4.69, 9.17) is 4.74 Å². The maximum absolute atomic E-state index is 12.7. The molecule has 2 aromatic heterocycles. The summed E-state index contributed by atoms with van der Waals surface area (Å²) in [6.45, 7) is 3.90. The summed E-state index contributed by atoms with van der Waals surface area (Å²) in [6, 6.07) is 13.5. The molecule has 0 spiro atoms. The predicted octanol–water partition coefficient (Wildman–Crippen LogP) is 5.61.